The number of fused-ring (bicyclic) bond motifs is 1. The van der Waals surface area contributed by atoms with Gasteiger partial charge in [0, 0.05) is 11.1 Å². The Balaban J connectivity index is 1.92. The number of amides is 2. The van der Waals surface area contributed by atoms with Crippen molar-refractivity contribution in [3.63, 3.8) is 0 Å². The maximum atomic E-state index is 13.4. The van der Waals surface area contributed by atoms with Gasteiger partial charge in [-0.3, -0.25) is 9.59 Å². The van der Waals surface area contributed by atoms with Gasteiger partial charge in [-0.1, -0.05) is 48.0 Å². The van der Waals surface area contributed by atoms with E-state index in [9.17, 15) is 14.7 Å². The van der Waals surface area contributed by atoms with E-state index in [1.807, 2.05) is 0 Å². The van der Waals surface area contributed by atoms with Crippen molar-refractivity contribution in [1.82, 2.24) is 0 Å². The van der Waals surface area contributed by atoms with Gasteiger partial charge in [0.05, 0.1) is 17.8 Å². The van der Waals surface area contributed by atoms with Gasteiger partial charge in [-0.15, -0.1) is 0 Å². The number of imide groups is 1. The molecule has 0 unspecified atom stereocenters. The molecule has 1 aliphatic rings. The topological polar surface area (TPSA) is 66.8 Å². The van der Waals surface area contributed by atoms with E-state index in [4.69, 9.17) is 16.3 Å². The van der Waals surface area contributed by atoms with E-state index in [0.29, 0.717) is 33.7 Å². The van der Waals surface area contributed by atoms with Crippen LogP contribution in [0.2, 0.25) is 5.02 Å². The van der Waals surface area contributed by atoms with Gasteiger partial charge in [0.15, 0.2) is 0 Å². The van der Waals surface area contributed by atoms with Crippen LogP contribution in [0.1, 0.15) is 21.5 Å². The molecule has 3 aromatic carbocycles. The van der Waals surface area contributed by atoms with Crippen molar-refractivity contribution in [2.24, 2.45) is 0 Å². The van der Waals surface area contributed by atoms with E-state index in [-0.39, 0.29) is 10.8 Å². The summed E-state index contributed by atoms with van der Waals surface area (Å²) in [6.07, 6.45) is 1.65. The van der Waals surface area contributed by atoms with Gasteiger partial charge >= 0.3 is 0 Å². The second kappa shape index (κ2) is 7.45. The summed E-state index contributed by atoms with van der Waals surface area (Å²) in [5.74, 6) is -0.519. The zero-order chi connectivity index (χ0) is 20.5. The van der Waals surface area contributed by atoms with E-state index in [1.165, 1.54) is 13.2 Å². The minimum absolute atomic E-state index is 0.0463. The number of nitrogens with zero attached hydrogens (tertiary/aromatic N) is 1. The molecule has 1 aliphatic heterocycles. The van der Waals surface area contributed by atoms with Crippen molar-refractivity contribution >= 4 is 40.8 Å². The number of carbonyl (C=O) groups is 2. The molecule has 0 aliphatic carbocycles. The summed E-state index contributed by atoms with van der Waals surface area (Å²) in [6.45, 7) is 0. The van der Waals surface area contributed by atoms with Gasteiger partial charge in [-0.25, -0.2) is 4.90 Å². The Kier molecular flexibility index (Phi) is 4.82. The number of halogens is 1. The van der Waals surface area contributed by atoms with Gasteiger partial charge in [0.25, 0.3) is 11.8 Å². The molecule has 0 atom stereocenters. The molecule has 29 heavy (non-hydrogen) atoms. The van der Waals surface area contributed by atoms with Crippen LogP contribution in [0.4, 0.5) is 5.69 Å². The molecule has 0 saturated heterocycles. The third-order valence-corrected chi connectivity index (χ3v) is 5.00. The van der Waals surface area contributed by atoms with E-state index in [2.05, 4.69) is 0 Å². The Labute approximate surface area is 172 Å². The summed E-state index contributed by atoms with van der Waals surface area (Å²) in [5.41, 5.74) is 2.29. The van der Waals surface area contributed by atoms with Crippen molar-refractivity contribution in [3.8, 4) is 11.5 Å². The SMILES string of the molecule is COc1ccccc1N1C(=O)C(=Cc2ccc(O)c(Cl)c2)c2ccccc2C1=O. The van der Waals surface area contributed by atoms with E-state index in [0.717, 1.165) is 4.90 Å². The molecule has 2 amide bonds. The molecule has 4 rings (SSSR count). The maximum Gasteiger partial charge on any atom is 0.266 e. The predicted molar refractivity (Wildman–Crippen MR) is 112 cm³/mol. The maximum absolute atomic E-state index is 13.4. The smallest absolute Gasteiger partial charge is 0.266 e. The zero-order valence-corrected chi connectivity index (χ0v) is 16.2. The Morgan fingerprint density at radius 1 is 0.931 bits per heavy atom. The summed E-state index contributed by atoms with van der Waals surface area (Å²) in [5, 5.41) is 9.83. The highest BCUT2D eigenvalue weighted by Gasteiger charge is 2.37. The highest BCUT2D eigenvalue weighted by Crippen LogP contribution is 2.37. The van der Waals surface area contributed by atoms with Crippen molar-refractivity contribution in [1.29, 1.82) is 0 Å². The van der Waals surface area contributed by atoms with E-state index in [1.54, 1.807) is 66.7 Å². The molecule has 5 nitrogen and oxygen atoms in total. The standard InChI is InChI=1S/C23H16ClNO4/c1-29-21-9-5-4-8-19(21)25-22(27)16-7-3-2-6-15(16)17(23(25)28)12-14-10-11-20(26)18(24)13-14/h2-13,26H,1H3. The molecule has 1 heterocycles. The van der Waals surface area contributed by atoms with Crippen LogP contribution in [0.5, 0.6) is 11.5 Å². The van der Waals surface area contributed by atoms with Crippen molar-refractivity contribution in [3.05, 3.63) is 88.4 Å². The predicted octanol–water partition coefficient (Wildman–Crippen LogP) is 4.78. The van der Waals surface area contributed by atoms with Gasteiger partial charge < -0.3 is 9.84 Å². The Morgan fingerprint density at radius 3 is 2.34 bits per heavy atom. The lowest BCUT2D eigenvalue weighted by Gasteiger charge is -2.29. The average molecular weight is 406 g/mol. The van der Waals surface area contributed by atoms with Crippen LogP contribution in [0, 0.1) is 0 Å². The van der Waals surface area contributed by atoms with Crippen LogP contribution < -0.4 is 9.64 Å². The van der Waals surface area contributed by atoms with Gasteiger partial charge in [-0.05, 0) is 47.5 Å². The summed E-state index contributed by atoms with van der Waals surface area (Å²) in [7, 11) is 1.49. The van der Waals surface area contributed by atoms with E-state index < -0.39 is 11.8 Å². The molecule has 0 spiro atoms. The first kappa shape index (κ1) is 18.8. The van der Waals surface area contributed by atoms with Gasteiger partial charge in [0.1, 0.15) is 11.5 Å². The van der Waals surface area contributed by atoms with Gasteiger partial charge in [0.2, 0.25) is 0 Å². The minimum atomic E-state index is -0.470. The molecular weight excluding hydrogens is 390 g/mol. The molecule has 3 aromatic rings. The summed E-state index contributed by atoms with van der Waals surface area (Å²) in [6, 6.07) is 18.5. The number of para-hydroxylation sites is 2. The molecule has 0 fully saturated rings. The highest BCUT2D eigenvalue weighted by atomic mass is 35.5. The first-order valence-electron chi connectivity index (χ1n) is 8.82. The van der Waals surface area contributed by atoms with E-state index >= 15 is 0 Å². The molecule has 0 radical (unpaired) electrons. The third kappa shape index (κ3) is 3.26. The van der Waals surface area contributed by atoms with Crippen LogP contribution in [0.25, 0.3) is 11.6 Å². The average Bonchev–Trinajstić information content (AvgIpc) is 2.74. The first-order valence-corrected chi connectivity index (χ1v) is 9.20. The second-order valence-electron chi connectivity index (χ2n) is 6.43. The molecule has 6 heteroatoms. The molecule has 1 N–H and O–H groups in total. The third-order valence-electron chi connectivity index (χ3n) is 4.69. The van der Waals surface area contributed by atoms with Crippen LogP contribution in [-0.4, -0.2) is 24.0 Å². The lowest BCUT2D eigenvalue weighted by molar-refractivity contribution is -0.112. The number of phenolic OH excluding ortho intramolecular Hbond substituents is 1. The van der Waals surface area contributed by atoms with Crippen molar-refractivity contribution in [2.75, 3.05) is 12.0 Å². The van der Waals surface area contributed by atoms with Crippen molar-refractivity contribution in [2.45, 2.75) is 0 Å². The van der Waals surface area contributed by atoms with Crippen LogP contribution in [0.3, 0.4) is 0 Å². The fourth-order valence-electron chi connectivity index (χ4n) is 3.31. The normalized spacial score (nSPS) is 14.8. The first-order chi connectivity index (χ1) is 14.0. The number of anilines is 1. The number of phenols is 1. The zero-order valence-electron chi connectivity index (χ0n) is 15.4. The number of rotatable bonds is 3. The number of hydrogen-bond acceptors (Lipinski definition) is 4. The summed E-state index contributed by atoms with van der Waals surface area (Å²) >= 11 is 6.01. The van der Waals surface area contributed by atoms with Crippen LogP contribution >= 0.6 is 11.6 Å². The summed E-state index contributed by atoms with van der Waals surface area (Å²) in [4.78, 5) is 27.7. The van der Waals surface area contributed by atoms with Gasteiger partial charge in [-0.2, -0.15) is 0 Å². The Bertz CT molecular complexity index is 1170. The minimum Gasteiger partial charge on any atom is -0.506 e. The van der Waals surface area contributed by atoms with Crippen LogP contribution in [0.15, 0.2) is 66.7 Å². The fraction of sp³-hybridized carbons (Fsp3) is 0.0435. The molecule has 0 bridgehead atoms. The highest BCUT2D eigenvalue weighted by molar-refractivity contribution is 6.43. The summed E-state index contributed by atoms with van der Waals surface area (Å²) < 4.78 is 5.35. The number of benzene rings is 3. The lowest BCUT2D eigenvalue weighted by Crippen LogP contribution is -2.42. The number of carbonyl (C=O) groups excluding carboxylic acids is 2. The molecule has 0 saturated carbocycles. The molecule has 144 valence electrons. The monoisotopic (exact) mass is 405 g/mol. The Hall–Kier alpha value is -3.57. The Morgan fingerprint density at radius 2 is 1.62 bits per heavy atom. The fourth-order valence-corrected chi connectivity index (χ4v) is 3.49. The molecule has 0 aromatic heterocycles. The number of aromatic hydroxyl groups is 1. The molecular formula is C23H16ClNO4. The number of methoxy groups -OCH3 is 1. The quantitative estimate of drug-likeness (QED) is 0.503. The largest absolute Gasteiger partial charge is 0.506 e. The number of ether oxygens (including phenoxy) is 1. The lowest BCUT2D eigenvalue weighted by atomic mass is 9.91. The van der Waals surface area contributed by atoms with Crippen LogP contribution in [-0.2, 0) is 4.79 Å². The van der Waals surface area contributed by atoms with Crippen molar-refractivity contribution < 1.29 is 19.4 Å². The number of hydrogen-bond donors (Lipinski definition) is 1. The second-order valence-corrected chi connectivity index (χ2v) is 6.84.